The van der Waals surface area contributed by atoms with Crippen molar-refractivity contribution in [3.8, 4) is 5.75 Å². The first-order valence-corrected chi connectivity index (χ1v) is 26.3. The fourth-order valence-corrected chi connectivity index (χ4v) is 10.3. The molecular formula is C66H63F2NO7. The normalized spacial score (nSPS) is 20.3. The Labute approximate surface area is 444 Å². The smallest absolute Gasteiger partial charge is 0.233 e. The van der Waals surface area contributed by atoms with Crippen LogP contribution in [0.5, 0.6) is 5.75 Å². The molecule has 10 rings (SSSR count). The Morgan fingerprint density at radius 3 is 1.46 bits per heavy atom. The molecule has 8 aromatic carbocycles. The minimum Gasteiger partial charge on any atom is -0.489 e. The van der Waals surface area contributed by atoms with Crippen LogP contribution in [0, 0.1) is 17.6 Å². The predicted molar refractivity (Wildman–Crippen MR) is 290 cm³/mol. The van der Waals surface area contributed by atoms with Crippen LogP contribution in [-0.4, -0.2) is 43.0 Å². The van der Waals surface area contributed by atoms with E-state index in [0.29, 0.717) is 63.5 Å². The van der Waals surface area contributed by atoms with Gasteiger partial charge >= 0.3 is 0 Å². The molecule has 2 saturated heterocycles. The number of hydrogen-bond donors (Lipinski definition) is 0. The maximum Gasteiger partial charge on any atom is 0.233 e. The molecule has 76 heavy (non-hydrogen) atoms. The largest absolute Gasteiger partial charge is 0.489 e. The summed E-state index contributed by atoms with van der Waals surface area (Å²) in [5, 5.41) is 0. The van der Waals surface area contributed by atoms with Crippen LogP contribution in [0.1, 0.15) is 63.4 Å². The molecule has 0 saturated carbocycles. The van der Waals surface area contributed by atoms with E-state index in [4.69, 9.17) is 28.4 Å². The number of aryl methyl sites for hydroxylation is 1. The number of carbonyl (C=O) groups is 1. The van der Waals surface area contributed by atoms with Crippen molar-refractivity contribution in [2.75, 3.05) is 11.5 Å². The molecule has 7 atom stereocenters. The van der Waals surface area contributed by atoms with E-state index in [0.717, 1.165) is 44.5 Å². The van der Waals surface area contributed by atoms with Gasteiger partial charge in [0, 0.05) is 17.7 Å². The average molecular weight is 1020 g/mol. The summed E-state index contributed by atoms with van der Waals surface area (Å²) in [5.74, 6) is -0.488. The number of nitrogens with zero attached hydrogens (tertiary/aromatic N) is 1. The summed E-state index contributed by atoms with van der Waals surface area (Å²) in [6, 6.07) is 68.8. The molecule has 0 aliphatic carbocycles. The lowest BCUT2D eigenvalue weighted by Gasteiger charge is -2.48. The lowest BCUT2D eigenvalue weighted by Crippen LogP contribution is -2.61. The summed E-state index contributed by atoms with van der Waals surface area (Å²) in [7, 11) is 0. The van der Waals surface area contributed by atoms with Crippen LogP contribution >= 0.6 is 0 Å². The molecule has 2 fully saturated rings. The zero-order valence-electron chi connectivity index (χ0n) is 42.5. The molecule has 2 heterocycles. The van der Waals surface area contributed by atoms with Crippen molar-refractivity contribution in [3.63, 3.8) is 0 Å². The van der Waals surface area contributed by atoms with Gasteiger partial charge in [0.2, 0.25) is 5.91 Å². The van der Waals surface area contributed by atoms with Crippen molar-refractivity contribution in [2.24, 2.45) is 5.92 Å². The van der Waals surface area contributed by atoms with Crippen LogP contribution in [0.2, 0.25) is 0 Å². The number of ether oxygens (including phenoxy) is 6. The first kappa shape index (κ1) is 52.1. The van der Waals surface area contributed by atoms with Crippen molar-refractivity contribution in [2.45, 2.75) is 95.3 Å². The molecular weight excluding hydrogens is 957 g/mol. The van der Waals surface area contributed by atoms with Gasteiger partial charge < -0.3 is 33.3 Å². The van der Waals surface area contributed by atoms with E-state index in [9.17, 15) is 13.6 Å². The molecule has 1 amide bonds. The third kappa shape index (κ3) is 13.6. The minimum absolute atomic E-state index is 0.0473. The Morgan fingerprint density at radius 1 is 0.461 bits per heavy atom. The van der Waals surface area contributed by atoms with Gasteiger partial charge in [-0.2, -0.15) is 0 Å². The topological polar surface area (TPSA) is 75.7 Å². The van der Waals surface area contributed by atoms with Crippen LogP contribution < -0.4 is 9.64 Å². The molecule has 2 aliphatic heterocycles. The maximum atomic E-state index is 14.4. The second-order valence-corrected chi connectivity index (χ2v) is 19.6. The van der Waals surface area contributed by atoms with Gasteiger partial charge in [0.15, 0.2) is 0 Å². The summed E-state index contributed by atoms with van der Waals surface area (Å²) >= 11 is 0. The first-order chi connectivity index (χ1) is 37.4. The van der Waals surface area contributed by atoms with Gasteiger partial charge in [-0.05, 0) is 101 Å². The molecule has 0 spiro atoms. The van der Waals surface area contributed by atoms with Crippen LogP contribution in [-0.2, 0) is 74.4 Å². The first-order valence-electron chi connectivity index (χ1n) is 26.3. The summed E-state index contributed by atoms with van der Waals surface area (Å²) in [6.07, 6.45) is -0.569. The fourth-order valence-electron chi connectivity index (χ4n) is 10.3. The highest BCUT2D eigenvalue weighted by Crippen LogP contribution is 2.49. The minimum atomic E-state index is -0.618. The van der Waals surface area contributed by atoms with E-state index in [-0.39, 0.29) is 36.7 Å². The Hall–Kier alpha value is -7.31. The monoisotopic (exact) mass is 1020 g/mol. The van der Waals surface area contributed by atoms with Gasteiger partial charge in [-0.15, -0.1) is 0 Å². The number of rotatable bonds is 24. The summed E-state index contributed by atoms with van der Waals surface area (Å²) < 4.78 is 70.0. The third-order valence-electron chi connectivity index (χ3n) is 14.3. The number of hydrogen-bond acceptors (Lipinski definition) is 7. The van der Waals surface area contributed by atoms with Crippen LogP contribution in [0.3, 0.4) is 0 Å². The second kappa shape index (κ2) is 26.0. The molecule has 0 N–H and O–H groups in total. The van der Waals surface area contributed by atoms with Crippen molar-refractivity contribution in [1.82, 2.24) is 0 Å². The summed E-state index contributed by atoms with van der Waals surface area (Å²) in [4.78, 5) is 16.1. The van der Waals surface area contributed by atoms with E-state index in [2.05, 4.69) is 30.3 Å². The Bertz CT molecular complexity index is 3030. The SMILES string of the molecule is O=C1[C@H](CCCc2ccc(F)cc2)[C@@H](c2ccc(C[C@@H]3OC(COCc4ccccc4)[C@H](OCc4ccccc4)[C@H](OCc4ccccc4)C3OCc3ccccc3)cc2OCc2ccccc2)N1c1ccc(F)cc1. The molecule has 2 unspecified atom stereocenters. The molecule has 2 aliphatic rings. The maximum absolute atomic E-state index is 14.4. The standard InChI is InChI=1S/C66H63F2NO7/c67-54-32-29-47(30-33-54)27-16-28-58-62(69(66(58)70)56-36-34-55(68)35-37-56)57-38-31-53(39-59(57)72-42-49-19-8-2-9-20-49)40-60-63(73-43-50-21-10-3-11-22-50)65(75-45-52-25-14-5-15-26-52)64(74-44-51-23-12-4-13-24-51)61(76-60)46-71-41-48-17-6-1-7-18-48/h1-15,17-26,29-39,58,60-65H,16,27-28,40-46H2/t58-,60+,61?,62-,63?,64+,65-/m1/s1. The molecule has 0 aromatic heterocycles. The second-order valence-electron chi connectivity index (χ2n) is 19.6. The molecule has 10 heteroatoms. The van der Waals surface area contributed by atoms with E-state index in [1.54, 1.807) is 29.2 Å². The van der Waals surface area contributed by atoms with E-state index in [1.807, 2.05) is 140 Å². The van der Waals surface area contributed by atoms with Gasteiger partial charge in [-0.25, -0.2) is 8.78 Å². The van der Waals surface area contributed by atoms with Gasteiger partial charge in [0.25, 0.3) is 0 Å². The highest BCUT2D eigenvalue weighted by atomic mass is 19.1. The van der Waals surface area contributed by atoms with E-state index in [1.165, 1.54) is 24.3 Å². The van der Waals surface area contributed by atoms with Crippen molar-refractivity contribution in [3.05, 3.63) is 275 Å². The highest BCUT2D eigenvalue weighted by molar-refractivity contribution is 6.03. The molecule has 0 bridgehead atoms. The summed E-state index contributed by atoms with van der Waals surface area (Å²) in [6.45, 7) is 1.83. The molecule has 8 aromatic rings. The van der Waals surface area contributed by atoms with E-state index >= 15 is 0 Å². The summed E-state index contributed by atoms with van der Waals surface area (Å²) in [5.41, 5.74) is 8.42. The lowest BCUT2D eigenvalue weighted by atomic mass is 9.77. The fraction of sp³-hybridized carbons (Fsp3) is 0.258. The zero-order chi connectivity index (χ0) is 51.9. The number of carbonyl (C=O) groups excluding carboxylic acids is 1. The molecule has 8 nitrogen and oxygen atoms in total. The number of halogens is 2. The lowest BCUT2D eigenvalue weighted by molar-refractivity contribution is -0.272. The van der Waals surface area contributed by atoms with Crippen molar-refractivity contribution < 1.29 is 42.0 Å². The number of anilines is 1. The average Bonchev–Trinajstić information content (AvgIpc) is 3.56. The highest BCUT2D eigenvalue weighted by Gasteiger charge is 2.51. The Balaban J connectivity index is 1.01. The Kier molecular flexibility index (Phi) is 17.8. The number of amides is 1. The molecule has 388 valence electrons. The van der Waals surface area contributed by atoms with Crippen molar-refractivity contribution >= 4 is 11.6 Å². The van der Waals surface area contributed by atoms with E-state index < -0.39 is 36.6 Å². The van der Waals surface area contributed by atoms with Gasteiger partial charge in [-0.1, -0.05) is 176 Å². The Morgan fingerprint density at radius 2 is 0.921 bits per heavy atom. The third-order valence-corrected chi connectivity index (χ3v) is 14.3. The van der Waals surface area contributed by atoms with Gasteiger partial charge in [0.05, 0.1) is 51.1 Å². The van der Waals surface area contributed by atoms with Crippen molar-refractivity contribution in [1.29, 1.82) is 0 Å². The predicted octanol–water partition coefficient (Wildman–Crippen LogP) is 13.6. The zero-order valence-corrected chi connectivity index (χ0v) is 42.5. The van der Waals surface area contributed by atoms with Gasteiger partial charge in [-0.3, -0.25) is 4.79 Å². The van der Waals surface area contributed by atoms with Crippen LogP contribution in [0.4, 0.5) is 14.5 Å². The number of β-lactam (4-membered cyclic amide) rings is 1. The quantitative estimate of drug-likeness (QED) is 0.0558. The van der Waals surface area contributed by atoms with Crippen LogP contribution in [0.25, 0.3) is 0 Å². The number of benzene rings is 8. The molecule has 0 radical (unpaired) electrons. The van der Waals surface area contributed by atoms with Crippen LogP contribution in [0.15, 0.2) is 218 Å². The van der Waals surface area contributed by atoms with Gasteiger partial charge in [0.1, 0.15) is 48.4 Å².